The highest BCUT2D eigenvalue weighted by Gasteiger charge is 2.34. The average Bonchev–Trinajstić information content (AvgIpc) is 2.83. The molecule has 1 aromatic rings. The smallest absolute Gasteiger partial charge is 0.308 e. The van der Waals surface area contributed by atoms with E-state index in [2.05, 4.69) is 14.9 Å². The van der Waals surface area contributed by atoms with Crippen molar-refractivity contribution in [2.45, 2.75) is 36.6 Å². The molecule has 2 rings (SSSR count). The van der Waals surface area contributed by atoms with Gasteiger partial charge in [0.25, 0.3) is 0 Å². The minimum atomic E-state index is -3.69. The number of carboxylic acid groups (broad SMARTS) is 1. The van der Waals surface area contributed by atoms with Crippen molar-refractivity contribution in [3.63, 3.8) is 0 Å². The number of sulfonamides is 1. The molecule has 0 spiro atoms. The first-order chi connectivity index (χ1) is 8.50. The van der Waals surface area contributed by atoms with E-state index in [-0.39, 0.29) is 4.90 Å². The van der Waals surface area contributed by atoms with Crippen LogP contribution in [0.25, 0.3) is 0 Å². The van der Waals surface area contributed by atoms with Gasteiger partial charge in [0, 0.05) is 12.2 Å². The Balaban J connectivity index is 2.14. The van der Waals surface area contributed by atoms with Crippen LogP contribution in [0.5, 0.6) is 0 Å². The molecule has 0 amide bonds. The monoisotopic (exact) mass is 273 g/mol. The van der Waals surface area contributed by atoms with Crippen LogP contribution in [0.2, 0.25) is 0 Å². The van der Waals surface area contributed by atoms with Crippen molar-refractivity contribution in [1.29, 1.82) is 0 Å². The van der Waals surface area contributed by atoms with Gasteiger partial charge >= 0.3 is 5.97 Å². The maximum atomic E-state index is 12.0. The number of nitrogens with zero attached hydrogens (tertiary/aromatic N) is 1. The van der Waals surface area contributed by atoms with Gasteiger partial charge in [-0.15, -0.1) is 0 Å². The molecule has 1 aliphatic rings. The minimum absolute atomic E-state index is 0.0252. The third-order valence-corrected chi connectivity index (χ3v) is 4.63. The fourth-order valence-electron chi connectivity index (χ4n) is 2.22. The van der Waals surface area contributed by atoms with Gasteiger partial charge in [-0.2, -0.15) is 5.10 Å². The van der Waals surface area contributed by atoms with Crippen LogP contribution < -0.4 is 4.72 Å². The Kier molecular flexibility index (Phi) is 3.67. The Morgan fingerprint density at radius 3 is 2.78 bits per heavy atom. The number of H-pyrrole nitrogens is 1. The van der Waals surface area contributed by atoms with Gasteiger partial charge in [-0.05, 0) is 12.8 Å². The van der Waals surface area contributed by atoms with E-state index in [4.69, 9.17) is 5.11 Å². The van der Waals surface area contributed by atoms with Crippen LogP contribution in [0.4, 0.5) is 0 Å². The van der Waals surface area contributed by atoms with E-state index in [0.717, 1.165) is 12.8 Å². The van der Waals surface area contributed by atoms with Crippen LogP contribution in [0.3, 0.4) is 0 Å². The third-order valence-electron chi connectivity index (χ3n) is 3.17. The molecule has 0 aromatic carbocycles. The topological polar surface area (TPSA) is 112 Å². The zero-order chi connectivity index (χ0) is 13.2. The summed E-state index contributed by atoms with van der Waals surface area (Å²) in [4.78, 5) is 11.1. The molecule has 1 saturated carbocycles. The first-order valence-corrected chi connectivity index (χ1v) is 7.23. The van der Waals surface area contributed by atoms with Gasteiger partial charge in [-0.25, -0.2) is 13.1 Å². The van der Waals surface area contributed by atoms with Crippen LogP contribution >= 0.6 is 0 Å². The second-order valence-electron chi connectivity index (χ2n) is 4.39. The van der Waals surface area contributed by atoms with E-state index in [1.54, 1.807) is 0 Å². The molecule has 1 fully saturated rings. The predicted octanol–water partition coefficient (Wildman–Crippen LogP) is 0.331. The van der Waals surface area contributed by atoms with Crippen LogP contribution in [0.15, 0.2) is 17.3 Å². The summed E-state index contributed by atoms with van der Waals surface area (Å²) in [6, 6.07) is -0.545. The summed E-state index contributed by atoms with van der Waals surface area (Å²) in [5, 5.41) is 15.1. The molecule has 0 bridgehead atoms. The molecule has 3 N–H and O–H groups in total. The summed E-state index contributed by atoms with van der Waals surface area (Å²) in [6.45, 7) is 0. The minimum Gasteiger partial charge on any atom is -0.481 e. The van der Waals surface area contributed by atoms with E-state index in [9.17, 15) is 13.2 Å². The van der Waals surface area contributed by atoms with Gasteiger partial charge in [0.1, 0.15) is 4.90 Å². The lowest BCUT2D eigenvalue weighted by Gasteiger charge is -2.28. The number of hydrogen-bond acceptors (Lipinski definition) is 4. The number of aromatic amines is 1. The van der Waals surface area contributed by atoms with Crippen LogP contribution in [-0.2, 0) is 14.8 Å². The quantitative estimate of drug-likeness (QED) is 0.732. The highest BCUT2D eigenvalue weighted by Crippen LogP contribution is 2.26. The standard InChI is InChI=1S/C10H15N3O4S/c14-10(15)8-3-1-2-4-9(8)13-18(16,17)7-5-11-12-6-7/h5-6,8-9,13H,1-4H2,(H,11,12)(H,14,15). The average molecular weight is 273 g/mol. The molecule has 1 aromatic heterocycles. The molecule has 0 saturated heterocycles. The summed E-state index contributed by atoms with van der Waals surface area (Å²) < 4.78 is 26.4. The second-order valence-corrected chi connectivity index (χ2v) is 6.10. The second kappa shape index (κ2) is 5.07. The zero-order valence-corrected chi connectivity index (χ0v) is 10.5. The van der Waals surface area contributed by atoms with Gasteiger partial charge in [0.15, 0.2) is 0 Å². The first kappa shape index (κ1) is 13.0. The number of hydrogen-bond donors (Lipinski definition) is 3. The molecule has 18 heavy (non-hydrogen) atoms. The van der Waals surface area contributed by atoms with E-state index in [0.29, 0.717) is 12.8 Å². The van der Waals surface area contributed by atoms with Crippen LogP contribution in [-0.4, -0.2) is 35.7 Å². The van der Waals surface area contributed by atoms with Crippen molar-refractivity contribution >= 4 is 16.0 Å². The first-order valence-electron chi connectivity index (χ1n) is 5.74. The van der Waals surface area contributed by atoms with E-state index < -0.39 is 28.0 Å². The number of aromatic nitrogens is 2. The summed E-state index contributed by atoms with van der Waals surface area (Å²) in [5.74, 6) is -1.60. The van der Waals surface area contributed by atoms with Crippen LogP contribution in [0.1, 0.15) is 25.7 Å². The maximum Gasteiger partial charge on any atom is 0.308 e. The van der Waals surface area contributed by atoms with Gasteiger partial charge in [0.05, 0.1) is 12.1 Å². The molecule has 0 radical (unpaired) electrons. The van der Waals surface area contributed by atoms with E-state index in [1.807, 2.05) is 0 Å². The summed E-state index contributed by atoms with van der Waals surface area (Å²) in [6.07, 6.45) is 5.17. The summed E-state index contributed by atoms with van der Waals surface area (Å²) in [5.41, 5.74) is 0. The Morgan fingerprint density at radius 1 is 1.44 bits per heavy atom. The normalized spacial score (nSPS) is 24.9. The zero-order valence-electron chi connectivity index (χ0n) is 9.67. The molecule has 100 valence electrons. The van der Waals surface area contributed by atoms with Crippen LogP contribution in [0, 0.1) is 5.92 Å². The molecule has 1 aliphatic carbocycles. The molecule has 1 heterocycles. The number of nitrogens with one attached hydrogen (secondary N) is 2. The van der Waals surface area contributed by atoms with Gasteiger partial charge < -0.3 is 5.11 Å². The Bertz CT molecular complexity index is 511. The lowest BCUT2D eigenvalue weighted by molar-refractivity contribution is -0.143. The lowest BCUT2D eigenvalue weighted by atomic mass is 9.85. The Hall–Kier alpha value is -1.41. The largest absolute Gasteiger partial charge is 0.481 e. The van der Waals surface area contributed by atoms with Crippen molar-refractivity contribution in [2.75, 3.05) is 0 Å². The molecule has 8 heteroatoms. The molecule has 0 aliphatic heterocycles. The van der Waals surface area contributed by atoms with Gasteiger partial charge in [0.2, 0.25) is 10.0 Å². The number of carboxylic acids is 1. The lowest BCUT2D eigenvalue weighted by Crippen LogP contribution is -2.44. The van der Waals surface area contributed by atoms with Crippen molar-refractivity contribution in [1.82, 2.24) is 14.9 Å². The van der Waals surface area contributed by atoms with Crippen molar-refractivity contribution in [3.8, 4) is 0 Å². The number of carbonyl (C=O) groups is 1. The van der Waals surface area contributed by atoms with Gasteiger partial charge in [-0.3, -0.25) is 9.89 Å². The maximum absolute atomic E-state index is 12.0. The highest BCUT2D eigenvalue weighted by molar-refractivity contribution is 7.89. The van der Waals surface area contributed by atoms with E-state index >= 15 is 0 Å². The van der Waals surface area contributed by atoms with Crippen molar-refractivity contribution in [2.24, 2.45) is 5.92 Å². The summed E-state index contributed by atoms with van der Waals surface area (Å²) >= 11 is 0. The van der Waals surface area contributed by atoms with Crippen molar-refractivity contribution < 1.29 is 18.3 Å². The fourth-order valence-corrected chi connectivity index (χ4v) is 3.44. The molecule has 7 nitrogen and oxygen atoms in total. The molecular weight excluding hydrogens is 258 g/mol. The molecule has 2 atom stereocenters. The SMILES string of the molecule is O=C(O)C1CCCCC1NS(=O)(=O)c1cn[nH]c1. The Morgan fingerprint density at radius 2 is 2.17 bits per heavy atom. The summed E-state index contributed by atoms with van der Waals surface area (Å²) in [7, 11) is -3.69. The van der Waals surface area contributed by atoms with E-state index in [1.165, 1.54) is 12.4 Å². The third kappa shape index (κ3) is 2.70. The van der Waals surface area contributed by atoms with Gasteiger partial charge in [-0.1, -0.05) is 12.8 Å². The fraction of sp³-hybridized carbons (Fsp3) is 0.600. The number of aliphatic carboxylic acids is 1. The number of rotatable bonds is 4. The Labute approximate surface area is 105 Å². The van der Waals surface area contributed by atoms with Crippen molar-refractivity contribution in [3.05, 3.63) is 12.4 Å². The molecule has 2 unspecified atom stereocenters. The predicted molar refractivity (Wildman–Crippen MR) is 62.3 cm³/mol. The molecular formula is C10H15N3O4S. The highest BCUT2D eigenvalue weighted by atomic mass is 32.2.